The fraction of sp³-hybridized carbons (Fsp3) is 0.125. The minimum Gasteiger partial charge on any atom is -0.493 e. The van der Waals surface area contributed by atoms with Gasteiger partial charge in [0.05, 0.1) is 12.0 Å². The topological polar surface area (TPSA) is 55.0 Å². The first kappa shape index (κ1) is 13.8. The van der Waals surface area contributed by atoms with Gasteiger partial charge in [0.15, 0.2) is 0 Å². The predicted molar refractivity (Wildman–Crippen MR) is 86.7 cm³/mol. The molecular weight excluding hydrogens is 332 g/mol. The van der Waals surface area contributed by atoms with E-state index in [0.29, 0.717) is 17.7 Å². The Labute approximate surface area is 129 Å². The Kier molecular flexibility index (Phi) is 3.75. The first-order valence-electron chi connectivity index (χ1n) is 6.61. The van der Waals surface area contributed by atoms with Crippen LogP contribution in [0.5, 0.6) is 5.75 Å². The summed E-state index contributed by atoms with van der Waals surface area (Å²) in [5, 5.41) is 8.20. The van der Waals surface area contributed by atoms with Gasteiger partial charge in [-0.1, -0.05) is 34.1 Å². The van der Waals surface area contributed by atoms with Crippen LogP contribution in [0, 0.1) is 0 Å². The number of nitrogens with zero attached hydrogens (tertiary/aromatic N) is 1. The van der Waals surface area contributed by atoms with Crippen molar-refractivity contribution in [1.29, 1.82) is 0 Å². The molecule has 0 unspecified atom stereocenters. The van der Waals surface area contributed by atoms with E-state index in [4.69, 9.17) is 4.74 Å². The second-order valence-electron chi connectivity index (χ2n) is 4.52. The summed E-state index contributed by atoms with van der Waals surface area (Å²) in [6, 6.07) is 13.2. The maximum absolute atomic E-state index is 11.9. The van der Waals surface area contributed by atoms with Crippen molar-refractivity contribution in [1.82, 2.24) is 10.2 Å². The van der Waals surface area contributed by atoms with Gasteiger partial charge < -0.3 is 4.74 Å². The van der Waals surface area contributed by atoms with Crippen molar-refractivity contribution in [3.05, 3.63) is 57.3 Å². The Balaban J connectivity index is 2.33. The van der Waals surface area contributed by atoms with Crippen LogP contribution in [0.4, 0.5) is 0 Å². The minimum absolute atomic E-state index is 0.192. The highest BCUT2D eigenvalue weighted by molar-refractivity contribution is 9.10. The third kappa shape index (κ3) is 2.56. The average molecular weight is 345 g/mol. The predicted octanol–water partition coefficient (Wildman–Crippen LogP) is 3.75. The van der Waals surface area contributed by atoms with Gasteiger partial charge in [-0.25, -0.2) is 5.10 Å². The lowest BCUT2D eigenvalue weighted by Gasteiger charge is -2.11. The van der Waals surface area contributed by atoms with Gasteiger partial charge >= 0.3 is 0 Å². The molecule has 3 rings (SSSR count). The number of rotatable bonds is 3. The first-order valence-corrected chi connectivity index (χ1v) is 7.40. The maximum Gasteiger partial charge on any atom is 0.272 e. The summed E-state index contributed by atoms with van der Waals surface area (Å²) in [6.07, 6.45) is 0. The highest BCUT2D eigenvalue weighted by atomic mass is 79.9. The van der Waals surface area contributed by atoms with Gasteiger partial charge in [0.25, 0.3) is 5.56 Å². The number of aromatic amines is 1. The van der Waals surface area contributed by atoms with Gasteiger partial charge in [0.1, 0.15) is 11.4 Å². The van der Waals surface area contributed by atoms with E-state index in [1.165, 1.54) is 0 Å². The van der Waals surface area contributed by atoms with Crippen LogP contribution >= 0.6 is 15.9 Å². The molecule has 2 aromatic carbocycles. The Morgan fingerprint density at radius 1 is 1.19 bits per heavy atom. The number of nitrogens with one attached hydrogen (secondary N) is 1. The first-order chi connectivity index (χ1) is 10.2. The Hall–Kier alpha value is -2.14. The molecule has 5 heteroatoms. The number of halogens is 1. The van der Waals surface area contributed by atoms with Crippen molar-refractivity contribution in [2.45, 2.75) is 6.92 Å². The molecular formula is C16H13BrN2O2. The second-order valence-corrected chi connectivity index (χ2v) is 5.44. The van der Waals surface area contributed by atoms with E-state index in [1.807, 2.05) is 43.3 Å². The molecule has 21 heavy (non-hydrogen) atoms. The van der Waals surface area contributed by atoms with E-state index in [1.54, 1.807) is 6.07 Å². The summed E-state index contributed by atoms with van der Waals surface area (Å²) in [7, 11) is 0. The Morgan fingerprint density at radius 2 is 1.95 bits per heavy atom. The molecule has 1 aromatic heterocycles. The van der Waals surface area contributed by atoms with Gasteiger partial charge in [-0.05, 0) is 31.2 Å². The van der Waals surface area contributed by atoms with Crippen molar-refractivity contribution in [3.8, 4) is 17.0 Å². The van der Waals surface area contributed by atoms with E-state index in [2.05, 4.69) is 26.1 Å². The number of hydrogen-bond acceptors (Lipinski definition) is 3. The molecule has 4 nitrogen and oxygen atoms in total. The van der Waals surface area contributed by atoms with E-state index < -0.39 is 0 Å². The molecule has 1 heterocycles. The van der Waals surface area contributed by atoms with E-state index in [9.17, 15) is 4.79 Å². The van der Waals surface area contributed by atoms with Crippen LogP contribution in [0.1, 0.15) is 6.92 Å². The molecule has 0 aliphatic heterocycles. The standard InChI is InChI=1S/C16H13BrN2O2/c1-2-21-14-8-7-10(17)9-13(14)15-11-5-3-4-6-12(11)16(20)19-18-15/h3-9H,2H2,1H3,(H,19,20). The highest BCUT2D eigenvalue weighted by Crippen LogP contribution is 2.34. The van der Waals surface area contributed by atoms with Crippen molar-refractivity contribution >= 4 is 26.7 Å². The molecule has 0 bridgehead atoms. The van der Waals surface area contributed by atoms with Crippen LogP contribution in [0.2, 0.25) is 0 Å². The van der Waals surface area contributed by atoms with Crippen LogP contribution in [0.15, 0.2) is 51.7 Å². The van der Waals surface area contributed by atoms with Crippen molar-refractivity contribution < 1.29 is 4.74 Å². The quantitative estimate of drug-likeness (QED) is 0.787. The molecule has 106 valence electrons. The molecule has 0 saturated heterocycles. The number of hydrogen-bond donors (Lipinski definition) is 1. The fourth-order valence-corrected chi connectivity index (χ4v) is 2.65. The van der Waals surface area contributed by atoms with Gasteiger partial charge in [-0.2, -0.15) is 5.10 Å². The molecule has 0 radical (unpaired) electrons. The van der Waals surface area contributed by atoms with Crippen LogP contribution in [0.25, 0.3) is 22.0 Å². The molecule has 0 atom stereocenters. The molecule has 0 aliphatic carbocycles. The summed E-state index contributed by atoms with van der Waals surface area (Å²) in [4.78, 5) is 11.9. The van der Waals surface area contributed by atoms with Crippen molar-refractivity contribution in [2.24, 2.45) is 0 Å². The number of fused-ring (bicyclic) bond motifs is 1. The molecule has 0 amide bonds. The lowest BCUT2D eigenvalue weighted by Crippen LogP contribution is -2.09. The number of ether oxygens (including phenoxy) is 1. The minimum atomic E-state index is -0.192. The second kappa shape index (κ2) is 5.69. The fourth-order valence-electron chi connectivity index (χ4n) is 2.29. The lowest BCUT2D eigenvalue weighted by atomic mass is 10.0. The Morgan fingerprint density at radius 3 is 2.71 bits per heavy atom. The summed E-state index contributed by atoms with van der Waals surface area (Å²) < 4.78 is 6.60. The maximum atomic E-state index is 11.9. The van der Waals surface area contributed by atoms with Gasteiger partial charge in [0, 0.05) is 15.4 Å². The lowest BCUT2D eigenvalue weighted by molar-refractivity contribution is 0.341. The summed E-state index contributed by atoms with van der Waals surface area (Å²) in [5.41, 5.74) is 1.36. The SMILES string of the molecule is CCOc1ccc(Br)cc1-c1n[nH]c(=O)c2ccccc12. The number of benzene rings is 2. The average Bonchev–Trinajstić information content (AvgIpc) is 2.50. The summed E-state index contributed by atoms with van der Waals surface area (Å²) >= 11 is 3.47. The molecule has 0 aliphatic rings. The molecule has 1 N–H and O–H groups in total. The smallest absolute Gasteiger partial charge is 0.272 e. The van der Waals surface area contributed by atoms with Crippen LogP contribution in [0.3, 0.4) is 0 Å². The highest BCUT2D eigenvalue weighted by Gasteiger charge is 2.13. The molecule has 3 aromatic rings. The van der Waals surface area contributed by atoms with Crippen molar-refractivity contribution in [2.75, 3.05) is 6.61 Å². The zero-order chi connectivity index (χ0) is 14.8. The van der Waals surface area contributed by atoms with Crippen LogP contribution in [-0.2, 0) is 0 Å². The monoisotopic (exact) mass is 344 g/mol. The van der Waals surface area contributed by atoms with Gasteiger partial charge in [-0.3, -0.25) is 4.79 Å². The third-order valence-corrected chi connectivity index (χ3v) is 3.69. The largest absolute Gasteiger partial charge is 0.493 e. The van der Waals surface area contributed by atoms with Gasteiger partial charge in [-0.15, -0.1) is 0 Å². The summed E-state index contributed by atoms with van der Waals surface area (Å²) in [6.45, 7) is 2.50. The van der Waals surface area contributed by atoms with Crippen molar-refractivity contribution in [3.63, 3.8) is 0 Å². The summed E-state index contributed by atoms with van der Waals surface area (Å²) in [5.74, 6) is 0.741. The molecule has 0 fully saturated rings. The van der Waals surface area contributed by atoms with Crippen LogP contribution < -0.4 is 10.3 Å². The normalized spacial score (nSPS) is 10.8. The molecule has 0 spiro atoms. The van der Waals surface area contributed by atoms with E-state index in [0.717, 1.165) is 21.2 Å². The number of aromatic nitrogens is 2. The van der Waals surface area contributed by atoms with E-state index >= 15 is 0 Å². The van der Waals surface area contributed by atoms with Gasteiger partial charge in [0.2, 0.25) is 0 Å². The van der Waals surface area contributed by atoms with E-state index in [-0.39, 0.29) is 5.56 Å². The zero-order valence-electron chi connectivity index (χ0n) is 11.4. The Bertz CT molecular complexity index is 858. The zero-order valence-corrected chi connectivity index (χ0v) is 13.0. The van der Waals surface area contributed by atoms with Crippen LogP contribution in [-0.4, -0.2) is 16.8 Å². The molecule has 0 saturated carbocycles. The third-order valence-electron chi connectivity index (χ3n) is 3.19. The number of H-pyrrole nitrogens is 1.